The first kappa shape index (κ1) is 19.7. The Kier molecular flexibility index (Phi) is 5.48. The molecule has 0 spiro atoms. The second kappa shape index (κ2) is 7.52. The number of halogens is 2. The van der Waals surface area contributed by atoms with Crippen molar-refractivity contribution in [3.05, 3.63) is 30.1 Å². The molecule has 3 rings (SSSR count). The molecule has 0 bridgehead atoms. The first-order valence-electron chi connectivity index (χ1n) is 9.07. The standard InChI is InChI=1S/C19H25F2N3O3/c1-12(2)17(18(25)23-6-4-19(26,5-7-23)10-27-3)24-11-22-15-8-13(20)14(21)9-16(15)24/h8-9,11-12,17,26H,4-7,10H2,1-3H3/t17-/m0/s1. The van der Waals surface area contributed by atoms with E-state index in [-0.39, 0.29) is 18.4 Å². The number of hydrogen-bond acceptors (Lipinski definition) is 4. The molecule has 1 saturated heterocycles. The fourth-order valence-electron chi connectivity index (χ4n) is 3.71. The Morgan fingerprint density at radius 2 is 1.93 bits per heavy atom. The molecular weight excluding hydrogens is 356 g/mol. The number of likely N-dealkylation sites (tertiary alicyclic amines) is 1. The van der Waals surface area contributed by atoms with E-state index in [1.807, 2.05) is 13.8 Å². The lowest BCUT2D eigenvalue weighted by atomic mass is 9.91. The fraction of sp³-hybridized carbons (Fsp3) is 0.579. The molecule has 8 heteroatoms. The number of methoxy groups -OCH3 is 1. The Morgan fingerprint density at radius 1 is 1.30 bits per heavy atom. The third-order valence-electron chi connectivity index (χ3n) is 5.22. The number of nitrogens with zero attached hydrogens (tertiary/aromatic N) is 3. The molecule has 0 radical (unpaired) electrons. The van der Waals surface area contributed by atoms with Gasteiger partial charge in [0, 0.05) is 32.3 Å². The van der Waals surface area contributed by atoms with Gasteiger partial charge in [-0.2, -0.15) is 0 Å². The molecule has 148 valence electrons. The van der Waals surface area contributed by atoms with E-state index in [1.165, 1.54) is 13.4 Å². The fourth-order valence-corrected chi connectivity index (χ4v) is 3.71. The van der Waals surface area contributed by atoms with E-state index in [9.17, 15) is 18.7 Å². The lowest BCUT2D eigenvalue weighted by molar-refractivity contribution is -0.142. The first-order valence-corrected chi connectivity index (χ1v) is 9.07. The topological polar surface area (TPSA) is 67.6 Å². The summed E-state index contributed by atoms with van der Waals surface area (Å²) in [7, 11) is 1.54. The number of aliphatic hydroxyl groups is 1. The van der Waals surface area contributed by atoms with Crippen molar-refractivity contribution in [1.82, 2.24) is 14.5 Å². The smallest absolute Gasteiger partial charge is 0.245 e. The highest BCUT2D eigenvalue weighted by Gasteiger charge is 2.37. The van der Waals surface area contributed by atoms with Crippen LogP contribution in [0.4, 0.5) is 8.78 Å². The molecule has 6 nitrogen and oxygen atoms in total. The van der Waals surface area contributed by atoms with Crippen LogP contribution in [0.15, 0.2) is 18.5 Å². The Hall–Kier alpha value is -2.06. The molecular formula is C19H25F2N3O3. The van der Waals surface area contributed by atoms with Crippen LogP contribution in [-0.4, -0.2) is 57.9 Å². The predicted octanol–water partition coefficient (Wildman–Crippen LogP) is 2.51. The first-order chi connectivity index (χ1) is 12.8. The molecule has 1 fully saturated rings. The summed E-state index contributed by atoms with van der Waals surface area (Å²) in [5.74, 6) is -2.13. The number of benzene rings is 1. The van der Waals surface area contributed by atoms with Crippen molar-refractivity contribution >= 4 is 16.9 Å². The zero-order valence-electron chi connectivity index (χ0n) is 15.8. The molecule has 2 heterocycles. The summed E-state index contributed by atoms with van der Waals surface area (Å²) in [5, 5.41) is 10.4. The van der Waals surface area contributed by atoms with E-state index in [1.54, 1.807) is 9.47 Å². The van der Waals surface area contributed by atoms with Gasteiger partial charge in [0.05, 0.1) is 29.6 Å². The van der Waals surface area contributed by atoms with Crippen LogP contribution in [0.3, 0.4) is 0 Å². The second-order valence-corrected chi connectivity index (χ2v) is 7.58. The maximum Gasteiger partial charge on any atom is 0.245 e. The number of imidazole rings is 1. The van der Waals surface area contributed by atoms with Gasteiger partial charge < -0.3 is 19.3 Å². The number of rotatable bonds is 5. The summed E-state index contributed by atoms with van der Waals surface area (Å²) in [6.45, 7) is 4.87. The lowest BCUT2D eigenvalue weighted by Crippen LogP contribution is -2.50. The molecule has 1 atom stereocenters. The third-order valence-corrected chi connectivity index (χ3v) is 5.22. The predicted molar refractivity (Wildman–Crippen MR) is 96.2 cm³/mol. The van der Waals surface area contributed by atoms with Crippen LogP contribution in [-0.2, 0) is 9.53 Å². The average Bonchev–Trinajstić information content (AvgIpc) is 2.98. The highest BCUT2D eigenvalue weighted by Crippen LogP contribution is 2.30. The van der Waals surface area contributed by atoms with Crippen molar-refractivity contribution in [1.29, 1.82) is 0 Å². The van der Waals surface area contributed by atoms with Crippen molar-refractivity contribution in [2.45, 2.75) is 38.3 Å². The van der Waals surface area contributed by atoms with Crippen LogP contribution in [0.25, 0.3) is 11.0 Å². The van der Waals surface area contributed by atoms with Gasteiger partial charge >= 0.3 is 0 Å². The number of amides is 1. The molecule has 27 heavy (non-hydrogen) atoms. The van der Waals surface area contributed by atoms with Gasteiger partial charge in [0.2, 0.25) is 5.91 Å². The van der Waals surface area contributed by atoms with E-state index < -0.39 is 23.3 Å². The number of fused-ring (bicyclic) bond motifs is 1. The summed E-state index contributed by atoms with van der Waals surface area (Å²) in [6.07, 6.45) is 2.32. The normalized spacial score (nSPS) is 18.3. The lowest BCUT2D eigenvalue weighted by Gasteiger charge is -2.39. The maximum absolute atomic E-state index is 13.7. The van der Waals surface area contributed by atoms with Crippen molar-refractivity contribution in [2.75, 3.05) is 26.8 Å². The number of carbonyl (C=O) groups excluding carboxylic acids is 1. The summed E-state index contributed by atoms with van der Waals surface area (Å²) in [6, 6.07) is 1.52. The molecule has 1 aromatic heterocycles. The van der Waals surface area contributed by atoms with Crippen molar-refractivity contribution in [3.63, 3.8) is 0 Å². The summed E-state index contributed by atoms with van der Waals surface area (Å²) in [4.78, 5) is 19.0. The molecule has 2 aromatic rings. The van der Waals surface area contributed by atoms with Gasteiger partial charge in [0.15, 0.2) is 11.6 Å². The van der Waals surface area contributed by atoms with Crippen molar-refractivity contribution < 1.29 is 23.4 Å². The van der Waals surface area contributed by atoms with Gasteiger partial charge in [-0.05, 0) is 18.8 Å². The van der Waals surface area contributed by atoms with Gasteiger partial charge in [-0.1, -0.05) is 13.8 Å². The minimum absolute atomic E-state index is 0.0807. The molecule has 0 unspecified atom stereocenters. The quantitative estimate of drug-likeness (QED) is 0.864. The largest absolute Gasteiger partial charge is 0.387 e. The van der Waals surface area contributed by atoms with Crippen LogP contribution >= 0.6 is 0 Å². The van der Waals surface area contributed by atoms with Crippen LogP contribution in [0.2, 0.25) is 0 Å². The molecule has 1 amide bonds. The van der Waals surface area contributed by atoms with E-state index >= 15 is 0 Å². The third kappa shape index (κ3) is 3.82. The minimum Gasteiger partial charge on any atom is -0.387 e. The highest BCUT2D eigenvalue weighted by atomic mass is 19.2. The van der Waals surface area contributed by atoms with Gasteiger partial charge in [-0.25, -0.2) is 13.8 Å². The molecule has 1 aliphatic rings. The number of piperidine rings is 1. The van der Waals surface area contributed by atoms with E-state index in [2.05, 4.69) is 4.98 Å². The van der Waals surface area contributed by atoms with Gasteiger partial charge in [-0.15, -0.1) is 0 Å². The van der Waals surface area contributed by atoms with Crippen molar-refractivity contribution in [2.24, 2.45) is 5.92 Å². The molecule has 1 aliphatic heterocycles. The zero-order chi connectivity index (χ0) is 19.8. The molecule has 0 saturated carbocycles. The van der Waals surface area contributed by atoms with Gasteiger partial charge in [0.1, 0.15) is 6.04 Å². The number of carbonyl (C=O) groups is 1. The monoisotopic (exact) mass is 381 g/mol. The highest BCUT2D eigenvalue weighted by molar-refractivity contribution is 5.84. The average molecular weight is 381 g/mol. The summed E-state index contributed by atoms with van der Waals surface area (Å²) >= 11 is 0. The van der Waals surface area contributed by atoms with E-state index in [0.717, 1.165) is 12.1 Å². The van der Waals surface area contributed by atoms with E-state index in [4.69, 9.17) is 4.74 Å². The number of ether oxygens (including phenoxy) is 1. The molecule has 1 aromatic carbocycles. The number of hydrogen-bond donors (Lipinski definition) is 1. The minimum atomic E-state index is -0.971. The van der Waals surface area contributed by atoms with Crippen LogP contribution in [0.1, 0.15) is 32.7 Å². The van der Waals surface area contributed by atoms with Crippen LogP contribution in [0.5, 0.6) is 0 Å². The molecule has 0 aliphatic carbocycles. The van der Waals surface area contributed by atoms with Crippen LogP contribution in [0, 0.1) is 17.6 Å². The Balaban J connectivity index is 1.87. The zero-order valence-corrected chi connectivity index (χ0v) is 15.8. The summed E-state index contributed by atoms with van der Waals surface area (Å²) in [5.41, 5.74) is -0.226. The Labute approximate surface area is 156 Å². The maximum atomic E-state index is 13.7. The van der Waals surface area contributed by atoms with Crippen molar-refractivity contribution in [3.8, 4) is 0 Å². The second-order valence-electron chi connectivity index (χ2n) is 7.58. The van der Waals surface area contributed by atoms with Gasteiger partial charge in [-0.3, -0.25) is 4.79 Å². The SMILES string of the molecule is COCC1(O)CCN(C(=O)[C@H](C(C)C)n2cnc3cc(F)c(F)cc32)CC1. The Morgan fingerprint density at radius 3 is 2.52 bits per heavy atom. The van der Waals surface area contributed by atoms with Crippen LogP contribution < -0.4 is 0 Å². The Bertz CT molecular complexity index is 829. The van der Waals surface area contributed by atoms with E-state index in [0.29, 0.717) is 37.0 Å². The van der Waals surface area contributed by atoms with Gasteiger partial charge in [0.25, 0.3) is 0 Å². The summed E-state index contributed by atoms with van der Waals surface area (Å²) < 4.78 is 33.9. The molecule has 1 N–H and O–H groups in total. The number of aromatic nitrogens is 2.